The Morgan fingerprint density at radius 2 is 1.87 bits per heavy atom. The summed E-state index contributed by atoms with van der Waals surface area (Å²) in [5, 5.41) is 0. The third-order valence-electron chi connectivity index (χ3n) is 2.55. The number of hydrogen-bond acceptors (Lipinski definition) is 2. The SMILES string of the molecule is CC(C)C(N)CCCSc1ccccc1. The molecule has 1 aromatic rings. The summed E-state index contributed by atoms with van der Waals surface area (Å²) in [4.78, 5) is 1.36. The molecule has 15 heavy (non-hydrogen) atoms. The van der Waals surface area contributed by atoms with Crippen LogP contribution >= 0.6 is 11.8 Å². The molecule has 0 aliphatic carbocycles. The molecule has 0 bridgehead atoms. The van der Waals surface area contributed by atoms with Crippen molar-refractivity contribution in [2.75, 3.05) is 5.75 Å². The van der Waals surface area contributed by atoms with E-state index in [9.17, 15) is 0 Å². The van der Waals surface area contributed by atoms with E-state index in [1.165, 1.54) is 17.1 Å². The van der Waals surface area contributed by atoms with E-state index in [2.05, 4.69) is 44.2 Å². The van der Waals surface area contributed by atoms with Crippen LogP contribution in [0.2, 0.25) is 0 Å². The first-order valence-electron chi connectivity index (χ1n) is 5.63. The minimum Gasteiger partial charge on any atom is -0.327 e. The van der Waals surface area contributed by atoms with Crippen LogP contribution < -0.4 is 5.73 Å². The minimum absolute atomic E-state index is 0.362. The Balaban J connectivity index is 2.12. The first-order chi connectivity index (χ1) is 7.20. The zero-order chi connectivity index (χ0) is 11.1. The molecule has 0 saturated carbocycles. The summed E-state index contributed by atoms with van der Waals surface area (Å²) in [6, 6.07) is 10.9. The van der Waals surface area contributed by atoms with Crippen molar-refractivity contribution in [3.05, 3.63) is 30.3 Å². The molecular formula is C13H21NS. The summed E-state index contributed by atoms with van der Waals surface area (Å²) in [5.41, 5.74) is 5.99. The topological polar surface area (TPSA) is 26.0 Å². The predicted molar refractivity (Wildman–Crippen MR) is 69.2 cm³/mol. The fraction of sp³-hybridized carbons (Fsp3) is 0.538. The Labute approximate surface area is 97.4 Å². The van der Waals surface area contributed by atoms with Crippen molar-refractivity contribution < 1.29 is 0 Å². The predicted octanol–water partition coefficient (Wildman–Crippen LogP) is 3.54. The van der Waals surface area contributed by atoms with Crippen LogP contribution in [0.5, 0.6) is 0 Å². The lowest BCUT2D eigenvalue weighted by Gasteiger charge is -2.14. The van der Waals surface area contributed by atoms with Crippen molar-refractivity contribution in [3.8, 4) is 0 Å². The van der Waals surface area contributed by atoms with Gasteiger partial charge in [0.25, 0.3) is 0 Å². The second kappa shape index (κ2) is 6.91. The maximum atomic E-state index is 5.99. The van der Waals surface area contributed by atoms with Crippen LogP contribution in [-0.4, -0.2) is 11.8 Å². The van der Waals surface area contributed by atoms with E-state index in [4.69, 9.17) is 5.73 Å². The van der Waals surface area contributed by atoms with Gasteiger partial charge >= 0.3 is 0 Å². The van der Waals surface area contributed by atoms with Crippen LogP contribution in [0.4, 0.5) is 0 Å². The van der Waals surface area contributed by atoms with E-state index in [1.807, 2.05) is 11.8 Å². The third-order valence-corrected chi connectivity index (χ3v) is 3.65. The highest BCUT2D eigenvalue weighted by Crippen LogP contribution is 2.19. The average Bonchev–Trinajstić information content (AvgIpc) is 2.25. The highest BCUT2D eigenvalue weighted by molar-refractivity contribution is 7.99. The second-order valence-electron chi connectivity index (χ2n) is 4.21. The number of benzene rings is 1. The summed E-state index contributed by atoms with van der Waals surface area (Å²) < 4.78 is 0. The third kappa shape index (κ3) is 5.24. The van der Waals surface area contributed by atoms with E-state index in [0.29, 0.717) is 12.0 Å². The van der Waals surface area contributed by atoms with Gasteiger partial charge in [-0.25, -0.2) is 0 Å². The first kappa shape index (κ1) is 12.6. The van der Waals surface area contributed by atoms with Gasteiger partial charge in [0.1, 0.15) is 0 Å². The van der Waals surface area contributed by atoms with Crippen molar-refractivity contribution in [2.24, 2.45) is 11.7 Å². The molecule has 0 fully saturated rings. The molecule has 0 saturated heterocycles. The lowest BCUT2D eigenvalue weighted by Crippen LogP contribution is -2.26. The smallest absolute Gasteiger partial charge is 0.00719 e. The van der Waals surface area contributed by atoms with Crippen LogP contribution in [0, 0.1) is 5.92 Å². The summed E-state index contributed by atoms with van der Waals surface area (Å²) in [7, 11) is 0. The molecule has 0 radical (unpaired) electrons. The number of nitrogens with two attached hydrogens (primary N) is 1. The van der Waals surface area contributed by atoms with Gasteiger partial charge < -0.3 is 5.73 Å². The molecule has 0 amide bonds. The molecule has 1 nitrogen and oxygen atoms in total. The van der Waals surface area contributed by atoms with E-state index in [0.717, 1.165) is 6.42 Å². The van der Waals surface area contributed by atoms with E-state index >= 15 is 0 Å². The van der Waals surface area contributed by atoms with Gasteiger partial charge in [-0.2, -0.15) is 0 Å². The van der Waals surface area contributed by atoms with E-state index < -0.39 is 0 Å². The molecule has 0 aliphatic heterocycles. The zero-order valence-corrected chi connectivity index (χ0v) is 10.5. The van der Waals surface area contributed by atoms with Gasteiger partial charge in [-0.3, -0.25) is 0 Å². The Bertz CT molecular complexity index is 258. The highest BCUT2D eigenvalue weighted by atomic mass is 32.2. The second-order valence-corrected chi connectivity index (χ2v) is 5.38. The van der Waals surface area contributed by atoms with E-state index in [-0.39, 0.29) is 0 Å². The van der Waals surface area contributed by atoms with Gasteiger partial charge in [-0.1, -0.05) is 32.0 Å². The van der Waals surface area contributed by atoms with Gasteiger partial charge in [0.05, 0.1) is 0 Å². The van der Waals surface area contributed by atoms with Crippen LogP contribution in [0.3, 0.4) is 0 Å². The fourth-order valence-electron chi connectivity index (χ4n) is 1.36. The maximum absolute atomic E-state index is 5.99. The molecule has 1 aromatic carbocycles. The van der Waals surface area contributed by atoms with Gasteiger partial charge in [-0.15, -0.1) is 11.8 Å². The van der Waals surface area contributed by atoms with Crippen molar-refractivity contribution in [1.82, 2.24) is 0 Å². The van der Waals surface area contributed by atoms with Gasteiger partial charge in [0.2, 0.25) is 0 Å². The lowest BCUT2D eigenvalue weighted by molar-refractivity contribution is 0.461. The minimum atomic E-state index is 0.362. The van der Waals surface area contributed by atoms with Crippen molar-refractivity contribution in [3.63, 3.8) is 0 Å². The highest BCUT2D eigenvalue weighted by Gasteiger charge is 2.06. The maximum Gasteiger partial charge on any atom is 0.00719 e. The quantitative estimate of drug-likeness (QED) is 0.589. The molecule has 1 atom stereocenters. The monoisotopic (exact) mass is 223 g/mol. The van der Waals surface area contributed by atoms with Crippen LogP contribution in [-0.2, 0) is 0 Å². The van der Waals surface area contributed by atoms with Crippen molar-refractivity contribution in [1.29, 1.82) is 0 Å². The molecule has 84 valence electrons. The standard InChI is InChI=1S/C13H21NS/c1-11(2)13(14)9-6-10-15-12-7-4-3-5-8-12/h3-5,7-8,11,13H,6,9-10,14H2,1-2H3. The summed E-state index contributed by atoms with van der Waals surface area (Å²) in [6.45, 7) is 4.38. The molecule has 1 rings (SSSR count). The van der Waals surface area contributed by atoms with E-state index in [1.54, 1.807) is 0 Å². The molecule has 0 spiro atoms. The molecule has 2 N–H and O–H groups in total. The Kier molecular flexibility index (Phi) is 5.81. The average molecular weight is 223 g/mol. The summed E-state index contributed by atoms with van der Waals surface area (Å²) in [6.07, 6.45) is 2.34. The molecule has 0 aromatic heterocycles. The zero-order valence-electron chi connectivity index (χ0n) is 9.65. The molecule has 0 aliphatic rings. The molecular weight excluding hydrogens is 202 g/mol. The fourth-order valence-corrected chi connectivity index (χ4v) is 2.26. The molecule has 0 heterocycles. The molecule has 1 unspecified atom stereocenters. The van der Waals surface area contributed by atoms with Crippen LogP contribution in [0.1, 0.15) is 26.7 Å². The number of rotatable bonds is 6. The first-order valence-corrected chi connectivity index (χ1v) is 6.62. The Morgan fingerprint density at radius 3 is 2.47 bits per heavy atom. The van der Waals surface area contributed by atoms with Crippen LogP contribution in [0.25, 0.3) is 0 Å². The van der Waals surface area contributed by atoms with Gasteiger partial charge in [0.15, 0.2) is 0 Å². The van der Waals surface area contributed by atoms with Crippen molar-refractivity contribution in [2.45, 2.75) is 37.6 Å². The molecule has 2 heteroatoms. The van der Waals surface area contributed by atoms with Gasteiger partial charge in [-0.05, 0) is 36.6 Å². The van der Waals surface area contributed by atoms with Crippen molar-refractivity contribution >= 4 is 11.8 Å². The Hall–Kier alpha value is -0.470. The Morgan fingerprint density at radius 1 is 1.20 bits per heavy atom. The lowest BCUT2D eigenvalue weighted by atomic mass is 10.0. The summed E-state index contributed by atoms with van der Waals surface area (Å²) >= 11 is 1.92. The normalized spacial score (nSPS) is 13.1. The van der Waals surface area contributed by atoms with Gasteiger partial charge in [0, 0.05) is 10.9 Å². The number of thioether (sulfide) groups is 1. The van der Waals surface area contributed by atoms with Crippen LogP contribution in [0.15, 0.2) is 35.2 Å². The largest absolute Gasteiger partial charge is 0.327 e. The number of hydrogen-bond donors (Lipinski definition) is 1. The summed E-state index contributed by atoms with van der Waals surface area (Å²) in [5.74, 6) is 1.77.